The van der Waals surface area contributed by atoms with Gasteiger partial charge in [0.25, 0.3) is 0 Å². The fourth-order valence-corrected chi connectivity index (χ4v) is 9.12. The van der Waals surface area contributed by atoms with Gasteiger partial charge in [0.05, 0.1) is 56.2 Å². The maximum Gasteiger partial charge on any atom is 0.133 e. The smallest absolute Gasteiger partial charge is 0.133 e. The summed E-state index contributed by atoms with van der Waals surface area (Å²) in [6.45, 7) is 0. The van der Waals surface area contributed by atoms with Crippen molar-refractivity contribution in [3.63, 3.8) is 0 Å². The first-order valence-electron chi connectivity index (χ1n) is 19.7. The van der Waals surface area contributed by atoms with Gasteiger partial charge in [0.15, 0.2) is 0 Å². The number of rotatable bonds is 6. The van der Waals surface area contributed by atoms with Crippen LogP contribution < -0.4 is 9.80 Å². The first-order valence-corrected chi connectivity index (χ1v) is 19.7. The molecule has 0 spiro atoms. The Morgan fingerprint density at radius 1 is 0.283 bits per heavy atom. The maximum absolute atomic E-state index is 17.2. The van der Waals surface area contributed by atoms with Crippen molar-refractivity contribution in [3.8, 4) is 0 Å². The molecule has 0 bridgehead atoms. The first kappa shape index (κ1) is 34.0. The van der Waals surface area contributed by atoms with E-state index in [9.17, 15) is 0 Å². The van der Waals surface area contributed by atoms with E-state index in [1.165, 1.54) is 0 Å². The van der Waals surface area contributed by atoms with Crippen molar-refractivity contribution in [1.82, 2.24) is 19.9 Å². The van der Waals surface area contributed by atoms with E-state index >= 15 is 8.78 Å². The van der Waals surface area contributed by atoms with E-state index in [4.69, 9.17) is 0 Å². The highest BCUT2D eigenvalue weighted by Gasteiger charge is 2.27. The number of anilines is 6. The Balaban J connectivity index is 1.20. The average molecular weight is 777 g/mol. The Morgan fingerprint density at radius 3 is 0.883 bits per heavy atom. The van der Waals surface area contributed by atoms with E-state index < -0.39 is 11.6 Å². The number of pyridine rings is 4. The van der Waals surface area contributed by atoms with Crippen LogP contribution in [0.15, 0.2) is 183 Å². The summed E-state index contributed by atoms with van der Waals surface area (Å²) in [5.41, 5.74) is 7.68. The lowest BCUT2D eigenvalue weighted by Crippen LogP contribution is -2.14. The summed E-state index contributed by atoms with van der Waals surface area (Å²) in [6.07, 6.45) is 7.12. The lowest BCUT2D eigenvalue weighted by atomic mass is 9.91. The molecule has 6 nitrogen and oxygen atoms in total. The lowest BCUT2D eigenvalue weighted by Gasteiger charge is -2.31. The van der Waals surface area contributed by atoms with Crippen LogP contribution in [0.5, 0.6) is 0 Å². The zero-order valence-electron chi connectivity index (χ0n) is 31.8. The summed E-state index contributed by atoms with van der Waals surface area (Å²) < 4.78 is 34.4. The van der Waals surface area contributed by atoms with Crippen LogP contribution in [-0.2, 0) is 0 Å². The summed E-state index contributed by atoms with van der Waals surface area (Å²) in [5, 5.41) is 7.15. The van der Waals surface area contributed by atoms with E-state index in [0.29, 0.717) is 32.9 Å². The predicted octanol–water partition coefficient (Wildman–Crippen LogP) is 14.0. The molecule has 0 fully saturated rings. The zero-order chi connectivity index (χ0) is 39.9. The summed E-state index contributed by atoms with van der Waals surface area (Å²) in [5.74, 6) is -0.840. The summed E-state index contributed by atoms with van der Waals surface area (Å²) >= 11 is 0. The Hall–Kier alpha value is -8.10. The second-order valence-electron chi connectivity index (χ2n) is 14.9. The fraction of sp³-hybridized carbons (Fsp3) is 0. The minimum Gasteiger partial charge on any atom is -0.308 e. The van der Waals surface area contributed by atoms with Gasteiger partial charge in [-0.15, -0.1) is 0 Å². The number of halogens is 2. The topological polar surface area (TPSA) is 58.0 Å². The zero-order valence-corrected chi connectivity index (χ0v) is 31.8. The number of hydrogen-bond donors (Lipinski definition) is 0. The van der Waals surface area contributed by atoms with Crippen LogP contribution in [0.3, 0.4) is 0 Å². The number of hydrogen-bond acceptors (Lipinski definition) is 6. The Bertz CT molecular complexity index is 3260. The summed E-state index contributed by atoms with van der Waals surface area (Å²) in [4.78, 5) is 22.9. The van der Waals surface area contributed by atoms with E-state index in [1.54, 1.807) is 36.9 Å². The molecule has 12 aromatic rings. The molecule has 0 saturated heterocycles. The van der Waals surface area contributed by atoms with Crippen LogP contribution in [0, 0.1) is 11.6 Å². The molecule has 0 N–H and O–H groups in total. The molecule has 0 atom stereocenters. The van der Waals surface area contributed by atoms with Crippen molar-refractivity contribution < 1.29 is 8.78 Å². The number of fused-ring (bicyclic) bond motifs is 4. The molecule has 12 rings (SSSR count). The van der Waals surface area contributed by atoms with Gasteiger partial charge in [0, 0.05) is 78.6 Å². The molecule has 0 aliphatic carbocycles. The third kappa shape index (κ3) is 5.04. The van der Waals surface area contributed by atoms with Gasteiger partial charge in [0.1, 0.15) is 11.6 Å². The fourth-order valence-electron chi connectivity index (χ4n) is 9.12. The van der Waals surface area contributed by atoms with Crippen molar-refractivity contribution in [2.45, 2.75) is 0 Å². The van der Waals surface area contributed by atoms with Gasteiger partial charge < -0.3 is 9.80 Å². The molecule has 282 valence electrons. The summed E-state index contributed by atoms with van der Waals surface area (Å²) in [7, 11) is 0. The third-order valence-corrected chi connectivity index (χ3v) is 11.7. The molecule has 4 heterocycles. The molecule has 0 aliphatic heterocycles. The maximum atomic E-state index is 17.2. The number of aromatic nitrogens is 4. The van der Waals surface area contributed by atoms with Crippen LogP contribution in [0.2, 0.25) is 0 Å². The second-order valence-corrected chi connectivity index (χ2v) is 14.9. The Kier molecular flexibility index (Phi) is 7.49. The monoisotopic (exact) mass is 776 g/mol. The molecule has 0 radical (unpaired) electrons. The van der Waals surface area contributed by atoms with E-state index in [0.717, 1.165) is 77.1 Å². The number of benzene rings is 8. The first-order chi connectivity index (χ1) is 29.6. The second kappa shape index (κ2) is 13.2. The molecule has 8 heteroatoms. The van der Waals surface area contributed by atoms with Gasteiger partial charge in [-0.3, -0.25) is 19.9 Å². The van der Waals surface area contributed by atoms with Crippen molar-refractivity contribution in [1.29, 1.82) is 0 Å². The molecule has 0 saturated carbocycles. The normalized spacial score (nSPS) is 11.8. The van der Waals surface area contributed by atoms with Gasteiger partial charge >= 0.3 is 0 Å². The molecule has 8 aromatic carbocycles. The van der Waals surface area contributed by atoms with Crippen LogP contribution >= 0.6 is 0 Å². The molecule has 0 aliphatic rings. The molecular formula is C52H30F2N6. The minimum atomic E-state index is -0.420. The lowest BCUT2D eigenvalue weighted by molar-refractivity contribution is 0.639. The standard InChI is InChI=1S/C52H30F2N6/c53-39-29-49(59(45-21-25-55-41-13-5-1-9-33(41)45)46-22-26-56-42-14-6-2-10-34(42)46)37-19-17-32-40(54)30-50(38-20-18-31(39)51(37)52(32)38)60(47-23-27-57-43-15-7-3-11-35(43)47)48-24-28-58-44-16-8-4-12-36(44)48/h1-30H. The van der Waals surface area contributed by atoms with Gasteiger partial charge in [0.2, 0.25) is 0 Å². The quantitative estimate of drug-likeness (QED) is 0.157. The highest BCUT2D eigenvalue weighted by Crippen LogP contribution is 2.51. The number of para-hydroxylation sites is 4. The molecule has 4 aromatic heterocycles. The van der Waals surface area contributed by atoms with Crippen LogP contribution in [0.1, 0.15) is 0 Å². The van der Waals surface area contributed by atoms with Crippen LogP contribution in [-0.4, -0.2) is 19.9 Å². The van der Waals surface area contributed by atoms with E-state index in [1.807, 2.05) is 146 Å². The largest absolute Gasteiger partial charge is 0.308 e. The van der Waals surface area contributed by atoms with Crippen molar-refractivity contribution in [2.75, 3.05) is 9.80 Å². The molecular weight excluding hydrogens is 747 g/mol. The highest BCUT2D eigenvalue weighted by molar-refractivity contribution is 6.29. The van der Waals surface area contributed by atoms with Crippen LogP contribution in [0.4, 0.5) is 42.9 Å². The predicted molar refractivity (Wildman–Crippen MR) is 241 cm³/mol. The van der Waals surface area contributed by atoms with Gasteiger partial charge in [-0.25, -0.2) is 8.78 Å². The molecule has 0 unspecified atom stereocenters. The van der Waals surface area contributed by atoms with Gasteiger partial charge in [-0.1, -0.05) is 97.1 Å². The Labute approximate surface area is 341 Å². The SMILES string of the molecule is Fc1cc(N(c2ccnc3ccccc23)c2ccnc3ccccc23)c2ccc3c(F)cc(N(c4ccnc5ccccc45)c4ccnc5ccccc45)c4ccc1c2c34. The molecule has 0 amide bonds. The Morgan fingerprint density at radius 2 is 0.567 bits per heavy atom. The van der Waals surface area contributed by atoms with Crippen molar-refractivity contribution in [2.24, 2.45) is 0 Å². The highest BCUT2D eigenvalue weighted by atomic mass is 19.1. The minimum absolute atomic E-state index is 0.401. The van der Waals surface area contributed by atoms with Crippen molar-refractivity contribution >= 4 is 110 Å². The van der Waals surface area contributed by atoms with Crippen molar-refractivity contribution in [3.05, 3.63) is 194 Å². The van der Waals surface area contributed by atoms with Crippen LogP contribution in [0.25, 0.3) is 75.9 Å². The average Bonchev–Trinajstić information content (AvgIpc) is 3.30. The van der Waals surface area contributed by atoms with E-state index in [2.05, 4.69) is 29.7 Å². The van der Waals surface area contributed by atoms with Gasteiger partial charge in [-0.05, 0) is 60.7 Å². The number of nitrogens with zero attached hydrogens (tertiary/aromatic N) is 6. The molecule has 60 heavy (non-hydrogen) atoms. The third-order valence-electron chi connectivity index (χ3n) is 11.7. The van der Waals surface area contributed by atoms with E-state index in [-0.39, 0.29) is 0 Å². The summed E-state index contributed by atoms with van der Waals surface area (Å²) in [6, 6.07) is 50.3. The van der Waals surface area contributed by atoms with Gasteiger partial charge in [-0.2, -0.15) is 0 Å².